The van der Waals surface area contributed by atoms with E-state index in [9.17, 15) is 9.59 Å². The normalized spacial score (nSPS) is 15.2. The first-order chi connectivity index (χ1) is 17.5. The first-order valence-corrected chi connectivity index (χ1v) is 12.4. The van der Waals surface area contributed by atoms with Crippen molar-refractivity contribution in [3.63, 3.8) is 0 Å². The van der Waals surface area contributed by atoms with E-state index in [4.69, 9.17) is 4.74 Å². The zero-order valence-electron chi connectivity index (χ0n) is 21.0. The highest BCUT2D eigenvalue weighted by Gasteiger charge is 2.23. The maximum absolute atomic E-state index is 13.4. The van der Waals surface area contributed by atoms with Crippen molar-refractivity contribution in [2.45, 2.75) is 39.9 Å². The third-order valence-corrected chi connectivity index (χ3v) is 6.35. The number of anilines is 1. The summed E-state index contributed by atoms with van der Waals surface area (Å²) in [4.78, 5) is 36.0. The van der Waals surface area contributed by atoms with Gasteiger partial charge in [0.2, 0.25) is 11.8 Å². The lowest BCUT2D eigenvalue weighted by Gasteiger charge is -2.28. The molecular weight excluding hydrogens is 456 g/mol. The molecule has 0 bridgehead atoms. The van der Waals surface area contributed by atoms with Gasteiger partial charge in [0.15, 0.2) is 0 Å². The molecule has 2 heterocycles. The lowest BCUT2D eigenvalue weighted by atomic mass is 10.1. The predicted octanol–water partition coefficient (Wildman–Crippen LogP) is 2.96. The Kier molecular flexibility index (Phi) is 8.67. The van der Waals surface area contributed by atoms with Crippen LogP contribution in [0.1, 0.15) is 31.4 Å². The Morgan fingerprint density at radius 1 is 1.00 bits per heavy atom. The highest BCUT2D eigenvalue weighted by atomic mass is 16.5. The molecule has 0 aliphatic carbocycles. The molecule has 0 spiro atoms. The van der Waals surface area contributed by atoms with Crippen molar-refractivity contribution >= 4 is 17.5 Å². The molecule has 0 unspecified atom stereocenters. The quantitative estimate of drug-likeness (QED) is 0.528. The van der Waals surface area contributed by atoms with Gasteiger partial charge >= 0.3 is 0 Å². The zero-order valence-corrected chi connectivity index (χ0v) is 21.0. The van der Waals surface area contributed by atoms with Crippen LogP contribution in [0.5, 0.6) is 5.75 Å². The average molecular weight is 491 g/mol. The van der Waals surface area contributed by atoms with E-state index in [1.165, 1.54) is 11.0 Å². The van der Waals surface area contributed by atoms with Crippen LogP contribution in [0.15, 0.2) is 61.2 Å². The van der Waals surface area contributed by atoms with Crippen LogP contribution in [-0.4, -0.2) is 69.2 Å². The van der Waals surface area contributed by atoms with Crippen LogP contribution in [0.4, 0.5) is 5.69 Å². The molecule has 0 fully saturated rings. The largest absolute Gasteiger partial charge is 0.494 e. The molecule has 1 aliphatic heterocycles. The fraction of sp³-hybridized carbons (Fsp3) is 0.407. The van der Waals surface area contributed by atoms with E-state index in [-0.39, 0.29) is 18.4 Å². The summed E-state index contributed by atoms with van der Waals surface area (Å²) in [6.07, 6.45) is 3.79. The minimum atomic E-state index is -0.0430. The number of carbonyl (C=O) groups is 2. The third kappa shape index (κ3) is 6.48. The van der Waals surface area contributed by atoms with E-state index in [0.29, 0.717) is 39.3 Å². The smallest absolute Gasteiger partial charge is 0.244 e. The Balaban J connectivity index is 1.61. The van der Waals surface area contributed by atoms with Gasteiger partial charge in [-0.25, -0.2) is 9.67 Å². The molecule has 2 amide bonds. The van der Waals surface area contributed by atoms with Gasteiger partial charge in [0, 0.05) is 57.4 Å². The summed E-state index contributed by atoms with van der Waals surface area (Å²) in [6, 6.07) is 15.9. The van der Waals surface area contributed by atoms with Gasteiger partial charge in [-0.15, -0.1) is 0 Å². The number of rotatable bonds is 6. The summed E-state index contributed by atoms with van der Waals surface area (Å²) >= 11 is 0. The van der Waals surface area contributed by atoms with Gasteiger partial charge < -0.3 is 14.5 Å². The molecule has 1 aromatic heterocycles. The van der Waals surface area contributed by atoms with Crippen molar-refractivity contribution < 1.29 is 14.3 Å². The van der Waals surface area contributed by atoms with E-state index < -0.39 is 0 Å². The lowest BCUT2D eigenvalue weighted by molar-refractivity contribution is -0.133. The van der Waals surface area contributed by atoms with Crippen molar-refractivity contribution in [1.82, 2.24) is 24.6 Å². The number of hydrogen-bond acceptors (Lipinski definition) is 6. The number of benzene rings is 2. The van der Waals surface area contributed by atoms with Crippen LogP contribution in [0, 0.1) is 0 Å². The summed E-state index contributed by atoms with van der Waals surface area (Å²) in [5.74, 6) is 0.834. The van der Waals surface area contributed by atoms with E-state index in [1.54, 1.807) is 13.3 Å². The highest BCUT2D eigenvalue weighted by molar-refractivity contribution is 5.92. The Hall–Kier alpha value is -3.72. The number of fused-ring (bicyclic) bond motifs is 1. The monoisotopic (exact) mass is 490 g/mol. The average Bonchev–Trinajstić information content (AvgIpc) is 3.37. The molecule has 0 radical (unpaired) electrons. The second kappa shape index (κ2) is 12.3. The van der Waals surface area contributed by atoms with Crippen LogP contribution in [-0.2, 0) is 29.2 Å². The zero-order chi connectivity index (χ0) is 25.3. The summed E-state index contributed by atoms with van der Waals surface area (Å²) in [5, 5.41) is 4.10. The van der Waals surface area contributed by atoms with Crippen LogP contribution in [0.2, 0.25) is 0 Å². The van der Waals surface area contributed by atoms with Crippen LogP contribution in [0.3, 0.4) is 0 Å². The van der Waals surface area contributed by atoms with Crippen LogP contribution >= 0.6 is 0 Å². The summed E-state index contributed by atoms with van der Waals surface area (Å²) in [5.41, 5.74) is 2.93. The molecule has 0 saturated carbocycles. The molecule has 3 aromatic rings. The molecule has 9 heteroatoms. The van der Waals surface area contributed by atoms with Crippen molar-refractivity contribution in [2.75, 3.05) is 37.7 Å². The number of hydrogen-bond donors (Lipinski definition) is 0. The number of nitrogens with zero attached hydrogens (tertiary/aromatic N) is 6. The summed E-state index contributed by atoms with van der Waals surface area (Å²) in [6.45, 7) is 8.08. The number of para-hydroxylation sites is 2. The number of amides is 2. The Morgan fingerprint density at radius 3 is 2.58 bits per heavy atom. The lowest BCUT2D eigenvalue weighted by Crippen LogP contribution is -2.40. The van der Waals surface area contributed by atoms with Crippen molar-refractivity contribution in [1.29, 1.82) is 0 Å². The van der Waals surface area contributed by atoms with Crippen molar-refractivity contribution in [3.8, 4) is 5.75 Å². The molecule has 36 heavy (non-hydrogen) atoms. The SMILES string of the molecule is CCOc1ccccc1CN1CCCN(C(C)=O)c2ccccc2CN(C(=O)Cn2cncn2)CC1. The standard InChI is InChI=1S/C27H34N6O3/c1-3-36-26-12-7-5-10-24(26)17-30-13-8-14-33(22(2)34)25-11-6-4-9-23(25)18-31(16-15-30)27(35)19-32-21-28-20-29-32/h4-7,9-12,20-21H,3,8,13-19H2,1-2H3. The topological polar surface area (TPSA) is 83.8 Å². The van der Waals surface area contributed by atoms with E-state index >= 15 is 0 Å². The fourth-order valence-electron chi connectivity index (χ4n) is 4.56. The van der Waals surface area contributed by atoms with Gasteiger partial charge in [0.05, 0.1) is 6.61 Å². The first kappa shape index (κ1) is 25.4. The summed E-state index contributed by atoms with van der Waals surface area (Å²) < 4.78 is 7.39. The third-order valence-electron chi connectivity index (χ3n) is 6.35. The second-order valence-corrected chi connectivity index (χ2v) is 8.88. The van der Waals surface area contributed by atoms with Gasteiger partial charge in [-0.2, -0.15) is 5.10 Å². The Labute approximate surface area is 212 Å². The molecule has 190 valence electrons. The minimum Gasteiger partial charge on any atom is -0.494 e. The number of carbonyl (C=O) groups excluding carboxylic acids is 2. The minimum absolute atomic E-state index is 0.00423. The van der Waals surface area contributed by atoms with Gasteiger partial charge in [-0.1, -0.05) is 36.4 Å². The maximum atomic E-state index is 13.4. The molecule has 0 N–H and O–H groups in total. The van der Waals surface area contributed by atoms with Gasteiger partial charge in [0.25, 0.3) is 0 Å². The molecule has 4 rings (SSSR count). The predicted molar refractivity (Wildman–Crippen MR) is 137 cm³/mol. The van der Waals surface area contributed by atoms with Gasteiger partial charge in [-0.05, 0) is 31.0 Å². The molecule has 0 atom stereocenters. The number of ether oxygens (including phenoxy) is 1. The molecule has 2 aromatic carbocycles. The van der Waals surface area contributed by atoms with E-state index in [0.717, 1.165) is 35.5 Å². The highest BCUT2D eigenvalue weighted by Crippen LogP contribution is 2.25. The van der Waals surface area contributed by atoms with Crippen molar-refractivity contribution in [2.24, 2.45) is 0 Å². The second-order valence-electron chi connectivity index (χ2n) is 8.88. The van der Waals surface area contributed by atoms with Crippen LogP contribution in [0.25, 0.3) is 0 Å². The number of aromatic nitrogens is 3. The Morgan fingerprint density at radius 2 is 1.81 bits per heavy atom. The van der Waals surface area contributed by atoms with E-state index in [1.807, 2.05) is 59.2 Å². The maximum Gasteiger partial charge on any atom is 0.244 e. The molecule has 1 aliphatic rings. The van der Waals surface area contributed by atoms with Gasteiger partial charge in [0.1, 0.15) is 24.9 Å². The molecular formula is C27H34N6O3. The van der Waals surface area contributed by atoms with Crippen LogP contribution < -0.4 is 9.64 Å². The fourth-order valence-corrected chi connectivity index (χ4v) is 4.56. The molecule has 0 saturated heterocycles. The molecule has 9 nitrogen and oxygen atoms in total. The van der Waals surface area contributed by atoms with Crippen molar-refractivity contribution in [3.05, 3.63) is 72.3 Å². The Bertz CT molecular complexity index is 1150. The van der Waals surface area contributed by atoms with Gasteiger partial charge in [-0.3, -0.25) is 14.5 Å². The van der Waals surface area contributed by atoms with E-state index in [2.05, 4.69) is 21.0 Å². The first-order valence-electron chi connectivity index (χ1n) is 12.4. The summed E-state index contributed by atoms with van der Waals surface area (Å²) in [7, 11) is 0.